The third kappa shape index (κ3) is 1.71. The number of aromatic nitrogens is 3. The molecule has 0 saturated carbocycles. The second kappa shape index (κ2) is 3.59. The summed E-state index contributed by atoms with van der Waals surface area (Å²) in [4.78, 5) is 13.0. The molecule has 0 aliphatic rings. The molecular weight excluding hydrogens is 186 g/mol. The van der Waals surface area contributed by atoms with Gasteiger partial charge in [-0.2, -0.15) is 0 Å². The maximum Gasteiger partial charge on any atom is 0.188 e. The van der Waals surface area contributed by atoms with Crippen LogP contribution in [0.2, 0.25) is 0 Å². The molecule has 0 amide bonds. The van der Waals surface area contributed by atoms with Crippen molar-refractivity contribution in [1.82, 2.24) is 15.0 Å². The van der Waals surface area contributed by atoms with Crippen molar-refractivity contribution in [3.63, 3.8) is 0 Å². The lowest BCUT2D eigenvalue weighted by Crippen LogP contribution is -1.84. The summed E-state index contributed by atoms with van der Waals surface area (Å²) < 4.78 is 0. The molecule has 0 radical (unpaired) electrons. The molecule has 0 bridgehead atoms. The van der Waals surface area contributed by atoms with Crippen molar-refractivity contribution in [2.45, 2.75) is 6.61 Å². The lowest BCUT2D eigenvalue weighted by molar-refractivity contribution is 0.285. The molecule has 0 saturated heterocycles. The molecule has 5 heteroatoms. The van der Waals surface area contributed by atoms with Crippen LogP contribution in [-0.4, -0.2) is 20.1 Å². The van der Waals surface area contributed by atoms with Crippen LogP contribution in [0.1, 0.15) is 4.88 Å². The minimum Gasteiger partial charge on any atom is -0.391 e. The van der Waals surface area contributed by atoms with Gasteiger partial charge in [0.2, 0.25) is 0 Å². The minimum absolute atomic E-state index is 0.0184. The van der Waals surface area contributed by atoms with Gasteiger partial charge in [0.25, 0.3) is 0 Å². The lowest BCUT2D eigenvalue weighted by atomic mass is 10.5. The van der Waals surface area contributed by atoms with E-state index in [1.165, 1.54) is 11.3 Å². The molecule has 0 aliphatic carbocycles. The Kier molecular flexibility index (Phi) is 2.29. The van der Waals surface area contributed by atoms with Crippen LogP contribution in [-0.2, 0) is 6.61 Å². The van der Waals surface area contributed by atoms with Crippen LogP contribution in [0.3, 0.4) is 0 Å². The normalized spacial score (nSPS) is 10.2. The van der Waals surface area contributed by atoms with Gasteiger partial charge in [-0.05, 0) is 6.07 Å². The Labute approximate surface area is 78.9 Å². The van der Waals surface area contributed by atoms with Gasteiger partial charge in [0.05, 0.1) is 11.5 Å². The molecule has 0 spiro atoms. The predicted octanol–water partition coefficient (Wildman–Crippen LogP) is 1.09. The van der Waals surface area contributed by atoms with E-state index in [-0.39, 0.29) is 6.61 Å². The van der Waals surface area contributed by atoms with E-state index < -0.39 is 0 Å². The Hall–Kier alpha value is -1.33. The topological polar surface area (TPSA) is 58.9 Å². The van der Waals surface area contributed by atoms with Crippen LogP contribution >= 0.6 is 11.3 Å². The summed E-state index contributed by atoms with van der Waals surface area (Å²) in [5.74, 6) is 0.604. The second-order valence-electron chi connectivity index (χ2n) is 2.36. The second-order valence-corrected chi connectivity index (χ2v) is 3.48. The molecule has 2 aromatic heterocycles. The third-order valence-electron chi connectivity index (χ3n) is 1.47. The number of nitrogens with zero attached hydrogens (tertiary/aromatic N) is 3. The fourth-order valence-corrected chi connectivity index (χ4v) is 1.61. The standard InChI is InChI=1S/C8H7N3OS/c12-5-6-4-11-8(13-6)7-9-2-1-3-10-7/h1-4,12H,5H2. The van der Waals surface area contributed by atoms with Crippen LogP contribution in [0.4, 0.5) is 0 Å². The fraction of sp³-hybridized carbons (Fsp3) is 0.125. The number of hydrogen-bond acceptors (Lipinski definition) is 5. The highest BCUT2D eigenvalue weighted by Crippen LogP contribution is 2.20. The van der Waals surface area contributed by atoms with Gasteiger partial charge in [-0.1, -0.05) is 0 Å². The highest BCUT2D eigenvalue weighted by molar-refractivity contribution is 7.14. The maximum absolute atomic E-state index is 8.83. The van der Waals surface area contributed by atoms with Crippen molar-refractivity contribution >= 4 is 11.3 Å². The van der Waals surface area contributed by atoms with Gasteiger partial charge in [-0.3, -0.25) is 0 Å². The fourth-order valence-electron chi connectivity index (χ4n) is 0.894. The largest absolute Gasteiger partial charge is 0.391 e. The number of aliphatic hydroxyl groups excluding tert-OH is 1. The smallest absolute Gasteiger partial charge is 0.188 e. The van der Waals surface area contributed by atoms with Gasteiger partial charge in [-0.25, -0.2) is 15.0 Å². The molecule has 0 unspecified atom stereocenters. The Balaban J connectivity index is 2.36. The zero-order chi connectivity index (χ0) is 9.10. The van der Waals surface area contributed by atoms with Crippen molar-refractivity contribution < 1.29 is 5.11 Å². The average molecular weight is 193 g/mol. The molecular formula is C8H7N3OS. The van der Waals surface area contributed by atoms with Gasteiger partial charge >= 0.3 is 0 Å². The van der Waals surface area contributed by atoms with Crippen molar-refractivity contribution in [3.05, 3.63) is 29.5 Å². The zero-order valence-corrected chi connectivity index (χ0v) is 7.53. The maximum atomic E-state index is 8.83. The Bertz CT molecular complexity index is 387. The average Bonchev–Trinajstić information content (AvgIpc) is 2.67. The van der Waals surface area contributed by atoms with E-state index in [1.807, 2.05) is 0 Å². The van der Waals surface area contributed by atoms with Crippen LogP contribution < -0.4 is 0 Å². The van der Waals surface area contributed by atoms with E-state index in [4.69, 9.17) is 5.11 Å². The molecule has 0 aliphatic heterocycles. The van der Waals surface area contributed by atoms with Crippen molar-refractivity contribution in [2.75, 3.05) is 0 Å². The first-order valence-electron chi connectivity index (χ1n) is 3.73. The van der Waals surface area contributed by atoms with Crippen LogP contribution in [0.5, 0.6) is 0 Å². The molecule has 66 valence electrons. The van der Waals surface area contributed by atoms with Gasteiger partial charge in [0.1, 0.15) is 0 Å². The summed E-state index contributed by atoms with van der Waals surface area (Å²) in [7, 11) is 0. The monoisotopic (exact) mass is 193 g/mol. The summed E-state index contributed by atoms with van der Waals surface area (Å²) >= 11 is 1.40. The summed E-state index contributed by atoms with van der Waals surface area (Å²) in [6, 6.07) is 1.75. The van der Waals surface area contributed by atoms with Gasteiger partial charge < -0.3 is 5.11 Å². The third-order valence-corrected chi connectivity index (χ3v) is 2.44. The number of rotatable bonds is 2. The summed E-state index contributed by atoms with van der Waals surface area (Å²) in [6.07, 6.45) is 4.97. The van der Waals surface area contributed by atoms with Gasteiger partial charge in [0.15, 0.2) is 10.8 Å². The highest BCUT2D eigenvalue weighted by atomic mass is 32.1. The van der Waals surface area contributed by atoms with E-state index in [2.05, 4.69) is 15.0 Å². The number of aliphatic hydroxyl groups is 1. The quantitative estimate of drug-likeness (QED) is 0.775. The van der Waals surface area contributed by atoms with Crippen molar-refractivity contribution in [2.24, 2.45) is 0 Å². The number of thiazole rings is 1. The summed E-state index contributed by atoms with van der Waals surface area (Å²) in [5.41, 5.74) is 0. The molecule has 0 atom stereocenters. The summed E-state index contributed by atoms with van der Waals surface area (Å²) in [6.45, 7) is 0.0184. The molecule has 4 nitrogen and oxygen atoms in total. The molecule has 2 heterocycles. The first-order valence-corrected chi connectivity index (χ1v) is 4.55. The Morgan fingerprint density at radius 2 is 2.00 bits per heavy atom. The van der Waals surface area contributed by atoms with E-state index >= 15 is 0 Å². The van der Waals surface area contributed by atoms with E-state index in [9.17, 15) is 0 Å². The highest BCUT2D eigenvalue weighted by Gasteiger charge is 2.05. The van der Waals surface area contributed by atoms with Crippen molar-refractivity contribution in [1.29, 1.82) is 0 Å². The molecule has 13 heavy (non-hydrogen) atoms. The van der Waals surface area contributed by atoms with Gasteiger partial charge in [0, 0.05) is 18.6 Å². The molecule has 0 aromatic carbocycles. The SMILES string of the molecule is OCc1cnc(-c2ncccn2)s1. The Morgan fingerprint density at radius 3 is 2.62 bits per heavy atom. The molecule has 1 N–H and O–H groups in total. The molecule has 2 aromatic rings. The number of hydrogen-bond donors (Lipinski definition) is 1. The molecule has 0 fully saturated rings. The van der Waals surface area contributed by atoms with E-state index in [0.717, 1.165) is 9.88 Å². The predicted molar refractivity (Wildman–Crippen MR) is 49.1 cm³/mol. The Morgan fingerprint density at radius 1 is 1.23 bits per heavy atom. The minimum atomic E-state index is 0.0184. The summed E-state index contributed by atoms with van der Waals surface area (Å²) in [5, 5.41) is 9.57. The van der Waals surface area contributed by atoms with E-state index in [1.54, 1.807) is 24.7 Å². The lowest BCUT2D eigenvalue weighted by Gasteiger charge is -1.90. The van der Waals surface area contributed by atoms with Crippen LogP contribution in [0.25, 0.3) is 10.8 Å². The first kappa shape index (κ1) is 8.28. The zero-order valence-electron chi connectivity index (χ0n) is 6.71. The van der Waals surface area contributed by atoms with Crippen molar-refractivity contribution in [3.8, 4) is 10.8 Å². The van der Waals surface area contributed by atoms with E-state index in [0.29, 0.717) is 5.82 Å². The molecule has 2 rings (SSSR count). The van der Waals surface area contributed by atoms with Crippen LogP contribution in [0.15, 0.2) is 24.7 Å². The van der Waals surface area contributed by atoms with Gasteiger partial charge in [-0.15, -0.1) is 11.3 Å². The first-order chi connectivity index (χ1) is 6.40. The van der Waals surface area contributed by atoms with Crippen LogP contribution in [0, 0.1) is 0 Å².